The molecule has 0 heterocycles. The lowest BCUT2D eigenvalue weighted by atomic mass is 9.75. The molecule has 114 valence electrons. The topological polar surface area (TPSA) is 0 Å². The van der Waals surface area contributed by atoms with Gasteiger partial charge in [-0.1, -0.05) is 68.5 Å². The molecule has 0 aliphatic heterocycles. The largest absolute Gasteiger partial charge is 0.0812 e. The van der Waals surface area contributed by atoms with Crippen LogP contribution < -0.4 is 0 Å². The summed E-state index contributed by atoms with van der Waals surface area (Å²) in [4.78, 5) is 0. The number of hydrogen-bond donors (Lipinski definition) is 0. The van der Waals surface area contributed by atoms with E-state index in [4.69, 9.17) is 0 Å². The van der Waals surface area contributed by atoms with Crippen LogP contribution in [0.2, 0.25) is 19.6 Å². The van der Waals surface area contributed by atoms with Crippen LogP contribution in [0.3, 0.4) is 0 Å². The Hall–Kier alpha value is -1.08. The molecule has 0 unspecified atom stereocenters. The SMILES string of the molecule is Cc1cc(C(C)(C)C2=CC([Si](C)(C)C)=CC2)cc(C)c1C. The predicted octanol–water partition coefficient (Wildman–Crippen LogP) is 6.02. The molecule has 1 aliphatic carbocycles. The molecule has 0 amide bonds. The number of rotatable bonds is 3. The third-order valence-electron chi connectivity index (χ3n) is 5.19. The lowest BCUT2D eigenvalue weighted by Crippen LogP contribution is -2.23. The van der Waals surface area contributed by atoms with Gasteiger partial charge in [0.1, 0.15) is 0 Å². The summed E-state index contributed by atoms with van der Waals surface area (Å²) in [6.45, 7) is 18.8. The summed E-state index contributed by atoms with van der Waals surface area (Å²) in [5.41, 5.74) is 7.41. The highest BCUT2D eigenvalue weighted by Gasteiger charge is 2.30. The Morgan fingerprint density at radius 1 is 0.952 bits per heavy atom. The Morgan fingerprint density at radius 3 is 1.90 bits per heavy atom. The van der Waals surface area contributed by atoms with Crippen molar-refractivity contribution in [2.75, 3.05) is 0 Å². The molecule has 0 spiro atoms. The van der Waals surface area contributed by atoms with Gasteiger partial charge in [-0.3, -0.25) is 0 Å². The van der Waals surface area contributed by atoms with Gasteiger partial charge in [0.25, 0.3) is 0 Å². The van der Waals surface area contributed by atoms with E-state index in [1.165, 1.54) is 22.3 Å². The quantitative estimate of drug-likeness (QED) is 0.598. The first-order valence-electron chi connectivity index (χ1n) is 8.03. The van der Waals surface area contributed by atoms with Gasteiger partial charge in [-0.15, -0.1) is 0 Å². The van der Waals surface area contributed by atoms with Crippen LogP contribution in [0.1, 0.15) is 42.5 Å². The molecule has 0 saturated heterocycles. The maximum atomic E-state index is 2.50. The smallest absolute Gasteiger partial charge is 0.0771 e. The Morgan fingerprint density at radius 2 is 1.48 bits per heavy atom. The van der Waals surface area contributed by atoms with E-state index < -0.39 is 8.07 Å². The van der Waals surface area contributed by atoms with Crippen LogP contribution in [0.5, 0.6) is 0 Å². The summed E-state index contributed by atoms with van der Waals surface area (Å²) in [7, 11) is -1.19. The molecule has 1 aliphatic rings. The molecule has 0 aromatic heterocycles. The van der Waals surface area contributed by atoms with Crippen molar-refractivity contribution in [2.45, 2.75) is 66.1 Å². The summed E-state index contributed by atoms with van der Waals surface area (Å²) in [5.74, 6) is 0. The zero-order valence-corrected chi connectivity index (χ0v) is 16.0. The number of aryl methyl sites for hydroxylation is 2. The fraction of sp³-hybridized carbons (Fsp3) is 0.500. The molecule has 1 heteroatoms. The summed E-state index contributed by atoms with van der Waals surface area (Å²) < 4.78 is 0. The molecule has 2 rings (SSSR count). The molecule has 0 atom stereocenters. The zero-order valence-electron chi connectivity index (χ0n) is 15.0. The van der Waals surface area contributed by atoms with Gasteiger partial charge >= 0.3 is 0 Å². The number of hydrogen-bond acceptors (Lipinski definition) is 0. The molecular weight excluding hydrogens is 268 g/mol. The normalized spacial score (nSPS) is 16.0. The summed E-state index contributed by atoms with van der Waals surface area (Å²) in [6, 6.07) is 4.77. The Balaban J connectivity index is 2.41. The predicted molar refractivity (Wildman–Crippen MR) is 97.8 cm³/mol. The van der Waals surface area contributed by atoms with E-state index in [0.717, 1.165) is 6.42 Å². The van der Waals surface area contributed by atoms with E-state index in [0.29, 0.717) is 0 Å². The van der Waals surface area contributed by atoms with Crippen LogP contribution in [0.15, 0.2) is 35.1 Å². The standard InChI is InChI=1S/C20H30Si/c1-14-11-18(12-15(2)16(14)3)20(4,5)17-9-10-19(13-17)21(6,7)8/h10-13H,9H2,1-8H3. The van der Waals surface area contributed by atoms with Crippen LogP contribution in [0.25, 0.3) is 0 Å². The van der Waals surface area contributed by atoms with Crippen molar-refractivity contribution >= 4 is 8.07 Å². The monoisotopic (exact) mass is 298 g/mol. The Labute approximate surface area is 132 Å². The van der Waals surface area contributed by atoms with Crippen LogP contribution in [-0.2, 0) is 5.41 Å². The highest BCUT2D eigenvalue weighted by molar-refractivity contribution is 6.83. The summed E-state index contributed by atoms with van der Waals surface area (Å²) in [5, 5.41) is 1.62. The lowest BCUT2D eigenvalue weighted by molar-refractivity contribution is 0.612. The molecule has 21 heavy (non-hydrogen) atoms. The molecule has 1 aromatic rings. The van der Waals surface area contributed by atoms with Gasteiger partial charge in [0.2, 0.25) is 0 Å². The molecule has 1 aromatic carbocycles. The maximum Gasteiger partial charge on any atom is 0.0771 e. The minimum absolute atomic E-state index is 0.126. The van der Waals surface area contributed by atoms with Crippen LogP contribution >= 0.6 is 0 Å². The maximum absolute atomic E-state index is 2.50. The first-order valence-corrected chi connectivity index (χ1v) is 11.5. The molecule has 0 bridgehead atoms. The highest BCUT2D eigenvalue weighted by Crippen LogP contribution is 2.40. The van der Waals surface area contributed by atoms with Crippen molar-refractivity contribution in [1.29, 1.82) is 0 Å². The van der Waals surface area contributed by atoms with Gasteiger partial charge < -0.3 is 0 Å². The lowest BCUT2D eigenvalue weighted by Gasteiger charge is -2.29. The minimum atomic E-state index is -1.19. The van der Waals surface area contributed by atoms with Gasteiger partial charge in [-0.25, -0.2) is 0 Å². The minimum Gasteiger partial charge on any atom is -0.0812 e. The van der Waals surface area contributed by atoms with Gasteiger partial charge in [-0.2, -0.15) is 0 Å². The van der Waals surface area contributed by atoms with Crippen LogP contribution in [0, 0.1) is 20.8 Å². The molecule has 0 radical (unpaired) electrons. The zero-order chi connectivity index (χ0) is 16.0. The van der Waals surface area contributed by atoms with Crippen molar-refractivity contribution < 1.29 is 0 Å². The molecular formula is C20H30Si. The van der Waals surface area contributed by atoms with Crippen molar-refractivity contribution in [2.24, 2.45) is 0 Å². The van der Waals surface area contributed by atoms with E-state index in [1.54, 1.807) is 10.8 Å². The third kappa shape index (κ3) is 3.08. The number of benzene rings is 1. The Kier molecular flexibility index (Phi) is 4.09. The molecule has 0 saturated carbocycles. The first kappa shape index (κ1) is 16.3. The van der Waals surface area contributed by atoms with Gasteiger partial charge in [0, 0.05) is 5.41 Å². The molecule has 0 nitrogen and oxygen atoms in total. The second kappa shape index (κ2) is 5.28. The van der Waals surface area contributed by atoms with E-state index in [9.17, 15) is 0 Å². The molecule has 0 N–H and O–H groups in total. The average Bonchev–Trinajstić information content (AvgIpc) is 2.85. The fourth-order valence-electron chi connectivity index (χ4n) is 3.07. The van der Waals surface area contributed by atoms with E-state index in [-0.39, 0.29) is 5.41 Å². The van der Waals surface area contributed by atoms with Crippen molar-refractivity contribution in [3.05, 3.63) is 57.3 Å². The first-order chi connectivity index (χ1) is 9.53. The fourth-order valence-corrected chi connectivity index (χ4v) is 4.39. The average molecular weight is 299 g/mol. The number of allylic oxidation sites excluding steroid dienone is 4. The Bertz CT molecular complexity index is 599. The van der Waals surface area contributed by atoms with E-state index >= 15 is 0 Å². The van der Waals surface area contributed by atoms with Crippen molar-refractivity contribution in [1.82, 2.24) is 0 Å². The second-order valence-electron chi connectivity index (χ2n) is 8.14. The van der Waals surface area contributed by atoms with Crippen molar-refractivity contribution in [3.8, 4) is 0 Å². The second-order valence-corrected chi connectivity index (χ2v) is 13.2. The highest BCUT2D eigenvalue weighted by atomic mass is 28.3. The third-order valence-corrected chi connectivity index (χ3v) is 7.27. The molecule has 0 fully saturated rings. The van der Waals surface area contributed by atoms with E-state index in [2.05, 4.69) is 78.5 Å². The summed E-state index contributed by atoms with van der Waals surface area (Å²) >= 11 is 0. The van der Waals surface area contributed by atoms with Crippen molar-refractivity contribution in [3.63, 3.8) is 0 Å². The van der Waals surface area contributed by atoms with Gasteiger partial charge in [0.05, 0.1) is 8.07 Å². The van der Waals surface area contributed by atoms with Crippen LogP contribution in [-0.4, -0.2) is 8.07 Å². The van der Waals surface area contributed by atoms with E-state index in [1.807, 2.05) is 0 Å². The van der Waals surface area contributed by atoms with Gasteiger partial charge in [0.15, 0.2) is 0 Å². The van der Waals surface area contributed by atoms with Crippen LogP contribution in [0.4, 0.5) is 0 Å². The van der Waals surface area contributed by atoms with Gasteiger partial charge in [-0.05, 0) is 49.4 Å². The summed E-state index contributed by atoms with van der Waals surface area (Å²) in [6.07, 6.45) is 6.09.